The zero-order valence-corrected chi connectivity index (χ0v) is 16.8. The maximum Gasteiger partial charge on any atom is 0.257 e. The van der Waals surface area contributed by atoms with Gasteiger partial charge < -0.3 is 4.74 Å². The number of rotatable bonds is 4. The molecule has 1 heterocycles. The number of nitrogens with one attached hydrogen (secondary N) is 1. The lowest BCUT2D eigenvalue weighted by atomic mass is 9.89. The van der Waals surface area contributed by atoms with E-state index in [4.69, 9.17) is 4.74 Å². The van der Waals surface area contributed by atoms with E-state index in [9.17, 15) is 31.7 Å². The summed E-state index contributed by atoms with van der Waals surface area (Å²) in [6.07, 6.45) is -0.597. The molecule has 0 spiro atoms. The molecule has 0 saturated heterocycles. The number of nitrogens with zero attached hydrogens (tertiary/aromatic N) is 1. The van der Waals surface area contributed by atoms with Crippen LogP contribution >= 0.6 is 0 Å². The highest BCUT2D eigenvalue weighted by atomic mass is 32.2. The Labute approximate surface area is 174 Å². The van der Waals surface area contributed by atoms with E-state index in [1.165, 1.54) is 12.1 Å². The summed E-state index contributed by atoms with van der Waals surface area (Å²) >= 11 is 0. The quantitative estimate of drug-likeness (QED) is 0.367. The molecule has 162 valence electrons. The molecule has 1 N–H and O–H groups in total. The second-order valence-electron chi connectivity index (χ2n) is 7.24. The second kappa shape index (κ2) is 7.41. The molecule has 11 heteroatoms. The smallest absolute Gasteiger partial charge is 0.257 e. The molecular weight excluding hydrogens is 437 g/mol. The van der Waals surface area contributed by atoms with Crippen LogP contribution in [0.2, 0.25) is 0 Å². The topological polar surface area (TPSA) is 98.5 Å². The second-order valence-corrected chi connectivity index (χ2v) is 8.98. The van der Waals surface area contributed by atoms with Crippen molar-refractivity contribution in [1.82, 2.24) is 0 Å². The standard InChI is InChI=1S/C20H15F3N2O5S/c1-31(28,29)24-11-3-4-12-10(6-11)2-5-19-13(12)8-18(25(26)27)20(30-19)14-7-16(22)17(23)9-15(14)21/h2-7,9,18,20,24H,8H2,1H3. The van der Waals surface area contributed by atoms with Gasteiger partial charge in [0.2, 0.25) is 10.0 Å². The van der Waals surface area contributed by atoms with Gasteiger partial charge >= 0.3 is 0 Å². The maximum absolute atomic E-state index is 14.3. The van der Waals surface area contributed by atoms with E-state index in [0.717, 1.165) is 6.26 Å². The van der Waals surface area contributed by atoms with Gasteiger partial charge in [-0.05, 0) is 35.0 Å². The van der Waals surface area contributed by atoms with Crippen LogP contribution in [0.1, 0.15) is 17.2 Å². The number of halogens is 3. The Morgan fingerprint density at radius 2 is 1.77 bits per heavy atom. The fourth-order valence-corrected chi connectivity index (χ4v) is 4.27. The van der Waals surface area contributed by atoms with Gasteiger partial charge in [-0.3, -0.25) is 14.8 Å². The van der Waals surface area contributed by atoms with Crippen molar-refractivity contribution >= 4 is 26.5 Å². The molecule has 3 aromatic carbocycles. The third kappa shape index (κ3) is 4.00. The van der Waals surface area contributed by atoms with Crippen molar-refractivity contribution in [3.63, 3.8) is 0 Å². The lowest BCUT2D eigenvalue weighted by molar-refractivity contribution is -0.535. The van der Waals surface area contributed by atoms with Crippen LogP contribution in [0.4, 0.5) is 18.9 Å². The highest BCUT2D eigenvalue weighted by molar-refractivity contribution is 7.92. The average molecular weight is 452 g/mol. The van der Waals surface area contributed by atoms with Gasteiger partial charge in [0, 0.05) is 34.2 Å². The molecule has 0 radical (unpaired) electrons. The molecule has 0 aliphatic carbocycles. The number of sulfonamides is 1. The van der Waals surface area contributed by atoms with Crippen LogP contribution in [0.5, 0.6) is 5.75 Å². The minimum absolute atomic E-state index is 0.151. The van der Waals surface area contributed by atoms with Crippen LogP contribution in [0, 0.1) is 27.6 Å². The van der Waals surface area contributed by atoms with E-state index in [-0.39, 0.29) is 12.2 Å². The van der Waals surface area contributed by atoms with E-state index >= 15 is 0 Å². The Kier molecular flexibility index (Phi) is 5.00. The molecule has 4 rings (SSSR count). The summed E-state index contributed by atoms with van der Waals surface area (Å²) in [5.41, 5.74) is 0.350. The molecule has 31 heavy (non-hydrogen) atoms. The zero-order chi connectivity index (χ0) is 22.5. The Morgan fingerprint density at radius 1 is 1.06 bits per heavy atom. The molecular formula is C20H15F3N2O5S. The predicted molar refractivity (Wildman–Crippen MR) is 107 cm³/mol. The van der Waals surface area contributed by atoms with Crippen molar-refractivity contribution in [2.75, 3.05) is 11.0 Å². The van der Waals surface area contributed by atoms with E-state index in [1.54, 1.807) is 18.2 Å². The van der Waals surface area contributed by atoms with Crippen LogP contribution in [-0.2, 0) is 16.4 Å². The Bertz CT molecular complexity index is 1330. The van der Waals surface area contributed by atoms with Crippen molar-refractivity contribution < 1.29 is 31.2 Å². The fraction of sp³-hybridized carbons (Fsp3) is 0.200. The molecule has 0 fully saturated rings. The summed E-state index contributed by atoms with van der Waals surface area (Å²) < 4.78 is 72.2. The summed E-state index contributed by atoms with van der Waals surface area (Å²) in [4.78, 5) is 11.1. The molecule has 0 bridgehead atoms. The molecule has 0 amide bonds. The van der Waals surface area contributed by atoms with Gasteiger partial charge in [0.1, 0.15) is 11.6 Å². The molecule has 1 aliphatic rings. The van der Waals surface area contributed by atoms with Crippen LogP contribution in [-0.4, -0.2) is 25.6 Å². The van der Waals surface area contributed by atoms with Crippen LogP contribution < -0.4 is 9.46 Å². The van der Waals surface area contributed by atoms with Crippen LogP contribution in [0.15, 0.2) is 42.5 Å². The largest absolute Gasteiger partial charge is 0.478 e. The van der Waals surface area contributed by atoms with E-state index in [0.29, 0.717) is 34.2 Å². The van der Waals surface area contributed by atoms with Crippen molar-refractivity contribution in [3.05, 3.63) is 81.2 Å². The molecule has 0 aromatic heterocycles. The van der Waals surface area contributed by atoms with Gasteiger partial charge in [-0.15, -0.1) is 0 Å². The van der Waals surface area contributed by atoms with Gasteiger partial charge in [0.25, 0.3) is 6.04 Å². The summed E-state index contributed by atoms with van der Waals surface area (Å²) in [6.45, 7) is 0. The summed E-state index contributed by atoms with van der Waals surface area (Å²) in [5.74, 6) is -3.64. The Balaban J connectivity index is 1.80. The fourth-order valence-electron chi connectivity index (χ4n) is 3.72. The lowest BCUT2D eigenvalue weighted by Crippen LogP contribution is -2.37. The molecule has 0 saturated carbocycles. The number of anilines is 1. The minimum atomic E-state index is -3.49. The first-order valence-corrected chi connectivity index (χ1v) is 10.9. The number of hydrogen-bond acceptors (Lipinski definition) is 5. The van der Waals surface area contributed by atoms with Crippen molar-refractivity contribution in [3.8, 4) is 5.75 Å². The molecule has 2 atom stereocenters. The third-order valence-corrected chi connectivity index (χ3v) is 5.63. The van der Waals surface area contributed by atoms with Gasteiger partial charge in [0.15, 0.2) is 17.7 Å². The van der Waals surface area contributed by atoms with Crippen molar-refractivity contribution in [2.45, 2.75) is 18.6 Å². The molecule has 1 aliphatic heterocycles. The van der Waals surface area contributed by atoms with Crippen LogP contribution in [0.25, 0.3) is 10.8 Å². The summed E-state index contributed by atoms with van der Waals surface area (Å²) in [6, 6.07) is 7.26. The van der Waals surface area contributed by atoms with Gasteiger partial charge in [-0.2, -0.15) is 0 Å². The van der Waals surface area contributed by atoms with Crippen molar-refractivity contribution in [1.29, 1.82) is 0 Å². The monoisotopic (exact) mass is 452 g/mol. The highest BCUT2D eigenvalue weighted by Crippen LogP contribution is 2.41. The SMILES string of the molecule is CS(=O)(=O)Nc1ccc2c3c(ccc2c1)OC(c1cc(F)c(F)cc1F)C([N+](=O)[O-])C3. The summed E-state index contributed by atoms with van der Waals surface area (Å²) in [5, 5.41) is 12.9. The number of benzene rings is 3. The van der Waals surface area contributed by atoms with E-state index in [2.05, 4.69) is 4.72 Å². The van der Waals surface area contributed by atoms with Gasteiger partial charge in [-0.25, -0.2) is 21.6 Å². The maximum atomic E-state index is 14.3. The van der Waals surface area contributed by atoms with Gasteiger partial charge in [0.05, 0.1) is 6.26 Å². The van der Waals surface area contributed by atoms with E-state index < -0.39 is 50.1 Å². The number of nitro groups is 1. The highest BCUT2D eigenvalue weighted by Gasteiger charge is 2.42. The van der Waals surface area contributed by atoms with Gasteiger partial charge in [-0.1, -0.05) is 12.1 Å². The first kappa shape index (κ1) is 20.9. The first-order valence-electron chi connectivity index (χ1n) is 9.01. The number of ether oxygens (including phenoxy) is 1. The van der Waals surface area contributed by atoms with Crippen molar-refractivity contribution in [2.24, 2.45) is 0 Å². The number of hydrogen-bond donors (Lipinski definition) is 1. The normalized spacial score (nSPS) is 18.3. The minimum Gasteiger partial charge on any atom is -0.478 e. The molecule has 7 nitrogen and oxygen atoms in total. The molecule has 3 aromatic rings. The lowest BCUT2D eigenvalue weighted by Gasteiger charge is -2.30. The Morgan fingerprint density at radius 3 is 2.45 bits per heavy atom. The predicted octanol–water partition coefficient (Wildman–Crippen LogP) is 3.95. The average Bonchev–Trinajstić information content (AvgIpc) is 2.68. The summed E-state index contributed by atoms with van der Waals surface area (Å²) in [7, 11) is -3.49. The number of fused-ring (bicyclic) bond motifs is 3. The molecule has 2 unspecified atom stereocenters. The Hall–Kier alpha value is -3.34. The zero-order valence-electron chi connectivity index (χ0n) is 15.9. The van der Waals surface area contributed by atoms with E-state index in [1.807, 2.05) is 0 Å². The first-order chi connectivity index (χ1) is 14.5. The third-order valence-electron chi connectivity index (χ3n) is 5.03. The van der Waals surface area contributed by atoms with Crippen LogP contribution in [0.3, 0.4) is 0 Å².